The van der Waals surface area contributed by atoms with Gasteiger partial charge in [0, 0.05) is 5.69 Å². The smallest absolute Gasteiger partial charge is 0.184 e. The van der Waals surface area contributed by atoms with Crippen LogP contribution in [0.5, 0.6) is 0 Å². The van der Waals surface area contributed by atoms with E-state index in [4.69, 9.17) is 12.2 Å². The summed E-state index contributed by atoms with van der Waals surface area (Å²) in [5, 5.41) is 0. The highest BCUT2D eigenvalue weighted by Gasteiger charge is 2.10. The third-order valence-corrected chi connectivity index (χ3v) is 3.77. The number of pyridine rings is 1. The Morgan fingerprint density at radius 3 is 2.68 bits per heavy atom. The number of aromatic nitrogens is 3. The maximum atomic E-state index is 5.45. The van der Waals surface area contributed by atoms with Gasteiger partial charge in [0.25, 0.3) is 0 Å². The first kappa shape index (κ1) is 12.1. The van der Waals surface area contributed by atoms with Gasteiger partial charge in [-0.15, -0.1) is 0 Å². The van der Waals surface area contributed by atoms with Crippen molar-refractivity contribution in [2.75, 3.05) is 0 Å². The fraction of sp³-hybridized carbons (Fsp3) is 0.200. The normalized spacial score (nSPS) is 11.1. The predicted octanol–water partition coefficient (Wildman–Crippen LogP) is 4.01. The second kappa shape index (κ2) is 4.31. The molecule has 4 heteroatoms. The van der Waals surface area contributed by atoms with Crippen LogP contribution in [0.15, 0.2) is 30.3 Å². The first-order valence-corrected chi connectivity index (χ1v) is 6.64. The molecule has 0 spiro atoms. The lowest BCUT2D eigenvalue weighted by Crippen LogP contribution is -2.00. The van der Waals surface area contributed by atoms with Crippen molar-refractivity contribution in [1.29, 1.82) is 0 Å². The summed E-state index contributed by atoms with van der Waals surface area (Å²) >= 11 is 5.45. The Kier molecular flexibility index (Phi) is 2.75. The van der Waals surface area contributed by atoms with Crippen LogP contribution in [-0.2, 0) is 0 Å². The van der Waals surface area contributed by atoms with Crippen LogP contribution in [0.3, 0.4) is 0 Å². The Labute approximate surface area is 116 Å². The van der Waals surface area contributed by atoms with Gasteiger partial charge in [0.1, 0.15) is 0 Å². The Balaban J connectivity index is 2.42. The van der Waals surface area contributed by atoms with Crippen molar-refractivity contribution in [1.82, 2.24) is 14.5 Å². The van der Waals surface area contributed by atoms with Gasteiger partial charge < -0.3 is 4.98 Å². The van der Waals surface area contributed by atoms with Crippen LogP contribution in [0.1, 0.15) is 16.8 Å². The highest BCUT2D eigenvalue weighted by molar-refractivity contribution is 7.71. The molecular weight excluding hydrogens is 254 g/mol. The van der Waals surface area contributed by atoms with E-state index >= 15 is 0 Å². The quantitative estimate of drug-likeness (QED) is 0.677. The molecule has 0 unspecified atom stereocenters. The highest BCUT2D eigenvalue weighted by atomic mass is 32.1. The number of aromatic amines is 1. The number of nitrogens with zero attached hydrogens (tertiary/aromatic N) is 2. The summed E-state index contributed by atoms with van der Waals surface area (Å²) in [5.74, 6) is 0. The molecule has 0 aliphatic rings. The zero-order chi connectivity index (χ0) is 13.6. The van der Waals surface area contributed by atoms with Crippen LogP contribution < -0.4 is 0 Å². The summed E-state index contributed by atoms with van der Waals surface area (Å²) in [7, 11) is 0. The van der Waals surface area contributed by atoms with E-state index in [2.05, 4.69) is 35.9 Å². The fourth-order valence-electron chi connectivity index (χ4n) is 2.28. The molecule has 0 atom stereocenters. The van der Waals surface area contributed by atoms with E-state index < -0.39 is 0 Å². The van der Waals surface area contributed by atoms with E-state index in [0.717, 1.165) is 22.5 Å². The third kappa shape index (κ3) is 1.88. The molecule has 0 amide bonds. The van der Waals surface area contributed by atoms with Crippen molar-refractivity contribution in [2.24, 2.45) is 0 Å². The number of H-pyrrole nitrogens is 1. The molecular formula is C15H15N3S. The zero-order valence-electron chi connectivity index (χ0n) is 11.2. The maximum absolute atomic E-state index is 5.45. The van der Waals surface area contributed by atoms with Crippen molar-refractivity contribution in [3.8, 4) is 5.69 Å². The summed E-state index contributed by atoms with van der Waals surface area (Å²) < 4.78 is 2.70. The summed E-state index contributed by atoms with van der Waals surface area (Å²) in [6.07, 6.45) is 0. The van der Waals surface area contributed by atoms with E-state index in [-0.39, 0.29) is 0 Å². The lowest BCUT2D eigenvalue weighted by molar-refractivity contribution is 1.02. The van der Waals surface area contributed by atoms with Gasteiger partial charge in [-0.1, -0.05) is 12.1 Å². The Bertz CT molecular complexity index is 827. The molecule has 0 bridgehead atoms. The van der Waals surface area contributed by atoms with Crippen molar-refractivity contribution < 1.29 is 0 Å². The van der Waals surface area contributed by atoms with Gasteiger partial charge in [0.05, 0.1) is 11.2 Å². The molecule has 3 rings (SSSR count). The molecule has 0 fully saturated rings. The number of hydrogen-bond acceptors (Lipinski definition) is 2. The minimum atomic E-state index is 0.682. The van der Waals surface area contributed by atoms with Gasteiger partial charge in [0.2, 0.25) is 0 Å². The molecule has 3 aromatic rings. The molecule has 0 aliphatic carbocycles. The first-order valence-electron chi connectivity index (χ1n) is 6.23. The summed E-state index contributed by atoms with van der Waals surface area (Å²) in [6.45, 7) is 6.21. The van der Waals surface area contributed by atoms with Crippen LogP contribution in [0, 0.1) is 25.5 Å². The first-order chi connectivity index (χ1) is 9.08. The Morgan fingerprint density at radius 2 is 1.89 bits per heavy atom. The summed E-state index contributed by atoms with van der Waals surface area (Å²) in [4.78, 5) is 7.82. The third-order valence-electron chi connectivity index (χ3n) is 3.49. The van der Waals surface area contributed by atoms with Crippen LogP contribution >= 0.6 is 12.2 Å². The number of nitrogens with one attached hydrogen (secondary N) is 1. The topological polar surface area (TPSA) is 33.6 Å². The number of rotatable bonds is 1. The molecule has 0 aliphatic heterocycles. The van der Waals surface area contributed by atoms with Crippen LogP contribution in [0.4, 0.5) is 0 Å². The maximum Gasteiger partial charge on any atom is 0.184 e. The lowest BCUT2D eigenvalue weighted by atomic mass is 10.1. The number of fused-ring (bicyclic) bond motifs is 1. The minimum Gasteiger partial charge on any atom is -0.329 e. The Hall–Kier alpha value is -1.94. The number of aryl methyl sites for hydroxylation is 2. The average Bonchev–Trinajstić information content (AvgIpc) is 2.69. The van der Waals surface area contributed by atoms with Crippen molar-refractivity contribution in [2.45, 2.75) is 20.8 Å². The molecule has 0 saturated carbocycles. The average molecular weight is 269 g/mol. The minimum absolute atomic E-state index is 0.682. The molecule has 2 heterocycles. The van der Waals surface area contributed by atoms with E-state index in [1.807, 2.05) is 29.7 Å². The second-order valence-corrected chi connectivity index (χ2v) is 5.20. The van der Waals surface area contributed by atoms with E-state index in [1.54, 1.807) is 0 Å². The number of benzene rings is 1. The molecule has 0 saturated heterocycles. The van der Waals surface area contributed by atoms with Gasteiger partial charge in [0.15, 0.2) is 10.4 Å². The molecule has 2 aromatic heterocycles. The molecule has 96 valence electrons. The molecule has 3 nitrogen and oxygen atoms in total. The predicted molar refractivity (Wildman–Crippen MR) is 80.5 cm³/mol. The highest BCUT2D eigenvalue weighted by Crippen LogP contribution is 2.22. The fourth-order valence-corrected chi connectivity index (χ4v) is 2.57. The summed E-state index contributed by atoms with van der Waals surface area (Å²) in [6, 6.07) is 10.2. The number of hydrogen-bond donors (Lipinski definition) is 1. The molecule has 0 radical (unpaired) electrons. The lowest BCUT2D eigenvalue weighted by Gasteiger charge is -2.10. The SMILES string of the molecule is Cc1ccc2[nH]c(=S)n(-c3cccc(C)c3C)c2n1. The molecule has 1 N–H and O–H groups in total. The largest absolute Gasteiger partial charge is 0.329 e. The van der Waals surface area contributed by atoms with Gasteiger partial charge >= 0.3 is 0 Å². The monoisotopic (exact) mass is 269 g/mol. The van der Waals surface area contributed by atoms with Crippen LogP contribution in [-0.4, -0.2) is 14.5 Å². The van der Waals surface area contributed by atoms with Crippen molar-refractivity contribution in [3.05, 3.63) is 51.9 Å². The van der Waals surface area contributed by atoms with Gasteiger partial charge in [-0.25, -0.2) is 4.98 Å². The molecule has 19 heavy (non-hydrogen) atoms. The number of imidazole rings is 1. The van der Waals surface area contributed by atoms with Crippen LogP contribution in [0.25, 0.3) is 16.9 Å². The van der Waals surface area contributed by atoms with Gasteiger partial charge in [-0.2, -0.15) is 0 Å². The standard InChI is InChI=1S/C15H15N3S/c1-9-5-4-6-13(11(9)3)18-14-12(17-15(18)19)8-7-10(2)16-14/h4-8H,1-3H3,(H,17,19). The molecule has 1 aromatic carbocycles. The van der Waals surface area contributed by atoms with E-state index in [1.165, 1.54) is 11.1 Å². The van der Waals surface area contributed by atoms with E-state index in [9.17, 15) is 0 Å². The second-order valence-electron chi connectivity index (χ2n) is 4.81. The zero-order valence-corrected chi connectivity index (χ0v) is 12.0. The van der Waals surface area contributed by atoms with Gasteiger partial charge in [-0.3, -0.25) is 4.57 Å². The van der Waals surface area contributed by atoms with Crippen molar-refractivity contribution >= 4 is 23.4 Å². The van der Waals surface area contributed by atoms with Crippen molar-refractivity contribution in [3.63, 3.8) is 0 Å². The van der Waals surface area contributed by atoms with Gasteiger partial charge in [-0.05, 0) is 62.3 Å². The van der Waals surface area contributed by atoms with E-state index in [0.29, 0.717) is 4.77 Å². The summed E-state index contributed by atoms with van der Waals surface area (Å²) in [5.41, 5.74) is 6.41. The van der Waals surface area contributed by atoms with Crippen LogP contribution in [0.2, 0.25) is 0 Å². The Morgan fingerprint density at radius 1 is 1.11 bits per heavy atom.